The number of hydrogen-bond donors (Lipinski definition) is 1. The average Bonchev–Trinajstić information content (AvgIpc) is 2.53. The first kappa shape index (κ1) is 14.6. The van der Waals surface area contributed by atoms with Gasteiger partial charge in [0.15, 0.2) is 0 Å². The standard InChI is InChI=1S/C16H21N3O/c1-2-18-10-12-19(13-11-18)16(20)15-7-5-14(6-8-15)4-3-9-17/h5-8H,2,9-13,17H2,1H3. The van der Waals surface area contributed by atoms with Crippen LogP contribution in [0.15, 0.2) is 24.3 Å². The third-order valence-corrected chi connectivity index (χ3v) is 3.57. The maximum absolute atomic E-state index is 12.4. The van der Waals surface area contributed by atoms with Gasteiger partial charge in [0.05, 0.1) is 6.54 Å². The van der Waals surface area contributed by atoms with Crippen LogP contribution in [0.2, 0.25) is 0 Å². The van der Waals surface area contributed by atoms with Crippen molar-refractivity contribution in [3.63, 3.8) is 0 Å². The molecule has 106 valence electrons. The highest BCUT2D eigenvalue weighted by Crippen LogP contribution is 2.10. The molecule has 2 rings (SSSR count). The maximum atomic E-state index is 12.4. The second-order valence-corrected chi connectivity index (χ2v) is 4.81. The van der Waals surface area contributed by atoms with Gasteiger partial charge in [0.25, 0.3) is 5.91 Å². The minimum absolute atomic E-state index is 0.110. The maximum Gasteiger partial charge on any atom is 0.253 e. The summed E-state index contributed by atoms with van der Waals surface area (Å²) in [5.41, 5.74) is 6.96. The molecule has 1 heterocycles. The molecule has 0 radical (unpaired) electrons. The number of nitrogens with two attached hydrogens (primary N) is 1. The first-order valence-corrected chi connectivity index (χ1v) is 7.05. The van der Waals surface area contributed by atoms with Crippen LogP contribution < -0.4 is 5.73 Å². The van der Waals surface area contributed by atoms with Gasteiger partial charge in [-0.2, -0.15) is 0 Å². The fraction of sp³-hybridized carbons (Fsp3) is 0.438. The lowest BCUT2D eigenvalue weighted by molar-refractivity contribution is 0.0643. The summed E-state index contributed by atoms with van der Waals surface area (Å²) in [7, 11) is 0. The Morgan fingerprint density at radius 3 is 2.40 bits per heavy atom. The van der Waals surface area contributed by atoms with Gasteiger partial charge in [-0.25, -0.2) is 0 Å². The molecule has 0 aliphatic carbocycles. The van der Waals surface area contributed by atoms with Crippen LogP contribution in [0.3, 0.4) is 0 Å². The zero-order valence-corrected chi connectivity index (χ0v) is 11.9. The molecule has 0 aromatic heterocycles. The fourth-order valence-corrected chi connectivity index (χ4v) is 2.30. The minimum Gasteiger partial charge on any atom is -0.336 e. The number of carbonyl (C=O) groups excluding carboxylic acids is 1. The zero-order chi connectivity index (χ0) is 14.4. The van der Waals surface area contributed by atoms with E-state index in [0.717, 1.165) is 43.9 Å². The second-order valence-electron chi connectivity index (χ2n) is 4.81. The van der Waals surface area contributed by atoms with Gasteiger partial charge in [0.2, 0.25) is 0 Å². The molecule has 4 heteroatoms. The van der Waals surface area contributed by atoms with Crippen molar-refractivity contribution in [3.05, 3.63) is 35.4 Å². The fourth-order valence-electron chi connectivity index (χ4n) is 2.30. The molecule has 2 N–H and O–H groups in total. The SMILES string of the molecule is CCN1CCN(C(=O)c2ccc(C#CCN)cc2)CC1. The second kappa shape index (κ2) is 7.09. The lowest BCUT2D eigenvalue weighted by Gasteiger charge is -2.34. The molecule has 0 bridgehead atoms. The molecule has 1 fully saturated rings. The number of carbonyl (C=O) groups is 1. The van der Waals surface area contributed by atoms with E-state index in [9.17, 15) is 4.79 Å². The molecule has 0 saturated carbocycles. The highest BCUT2D eigenvalue weighted by molar-refractivity contribution is 5.94. The largest absolute Gasteiger partial charge is 0.336 e. The molecule has 0 unspecified atom stereocenters. The topological polar surface area (TPSA) is 49.6 Å². The van der Waals surface area contributed by atoms with Crippen molar-refractivity contribution >= 4 is 5.91 Å². The van der Waals surface area contributed by atoms with E-state index < -0.39 is 0 Å². The number of nitrogens with zero attached hydrogens (tertiary/aromatic N) is 2. The third kappa shape index (κ3) is 3.60. The van der Waals surface area contributed by atoms with E-state index in [2.05, 4.69) is 23.7 Å². The Balaban J connectivity index is 1.99. The molecular formula is C16H21N3O. The number of likely N-dealkylation sites (N-methyl/N-ethyl adjacent to an activating group) is 1. The molecule has 20 heavy (non-hydrogen) atoms. The molecule has 1 amide bonds. The van der Waals surface area contributed by atoms with Crippen LogP contribution in [0, 0.1) is 11.8 Å². The lowest BCUT2D eigenvalue weighted by atomic mass is 10.1. The van der Waals surface area contributed by atoms with Crippen LogP contribution in [-0.2, 0) is 0 Å². The van der Waals surface area contributed by atoms with Crippen molar-refractivity contribution in [1.82, 2.24) is 9.80 Å². The van der Waals surface area contributed by atoms with E-state index in [1.807, 2.05) is 29.2 Å². The highest BCUT2D eigenvalue weighted by Gasteiger charge is 2.20. The molecule has 1 aromatic carbocycles. The van der Waals surface area contributed by atoms with Crippen molar-refractivity contribution in [2.24, 2.45) is 5.73 Å². The van der Waals surface area contributed by atoms with Crippen LogP contribution in [0.4, 0.5) is 0 Å². The van der Waals surface area contributed by atoms with Gasteiger partial charge >= 0.3 is 0 Å². The Labute approximate surface area is 120 Å². The van der Waals surface area contributed by atoms with Gasteiger partial charge in [-0.05, 0) is 30.8 Å². The monoisotopic (exact) mass is 271 g/mol. The van der Waals surface area contributed by atoms with Crippen LogP contribution in [0.25, 0.3) is 0 Å². The minimum atomic E-state index is 0.110. The van der Waals surface area contributed by atoms with Crippen molar-refractivity contribution in [2.75, 3.05) is 39.3 Å². The molecule has 1 aliphatic heterocycles. The number of piperazine rings is 1. The summed E-state index contributed by atoms with van der Waals surface area (Å²) in [4.78, 5) is 16.7. The van der Waals surface area contributed by atoms with Gasteiger partial charge < -0.3 is 15.5 Å². The summed E-state index contributed by atoms with van der Waals surface area (Å²) in [6.07, 6.45) is 0. The van der Waals surface area contributed by atoms with Gasteiger partial charge in [-0.3, -0.25) is 4.79 Å². The van der Waals surface area contributed by atoms with Crippen molar-refractivity contribution in [2.45, 2.75) is 6.92 Å². The van der Waals surface area contributed by atoms with Crippen molar-refractivity contribution < 1.29 is 4.79 Å². The Morgan fingerprint density at radius 1 is 1.20 bits per heavy atom. The molecule has 0 spiro atoms. The van der Waals surface area contributed by atoms with Gasteiger partial charge in [-0.15, -0.1) is 0 Å². The first-order valence-electron chi connectivity index (χ1n) is 7.05. The van der Waals surface area contributed by atoms with Crippen LogP contribution >= 0.6 is 0 Å². The number of hydrogen-bond acceptors (Lipinski definition) is 3. The summed E-state index contributed by atoms with van der Waals surface area (Å²) >= 11 is 0. The number of benzene rings is 1. The van der Waals surface area contributed by atoms with Crippen LogP contribution in [0.5, 0.6) is 0 Å². The van der Waals surface area contributed by atoms with Crippen molar-refractivity contribution in [1.29, 1.82) is 0 Å². The van der Waals surface area contributed by atoms with E-state index in [1.165, 1.54) is 0 Å². The Bertz CT molecular complexity index is 505. The Kier molecular flexibility index (Phi) is 5.16. The molecule has 1 aliphatic rings. The van der Waals surface area contributed by atoms with Gasteiger partial charge in [0, 0.05) is 37.3 Å². The summed E-state index contributed by atoms with van der Waals surface area (Å²) in [6.45, 7) is 7.09. The van der Waals surface area contributed by atoms with Gasteiger partial charge in [-0.1, -0.05) is 18.8 Å². The molecule has 4 nitrogen and oxygen atoms in total. The number of amides is 1. The zero-order valence-electron chi connectivity index (χ0n) is 11.9. The Morgan fingerprint density at radius 2 is 1.85 bits per heavy atom. The van der Waals surface area contributed by atoms with Crippen LogP contribution in [-0.4, -0.2) is 55.0 Å². The molecule has 0 atom stereocenters. The lowest BCUT2D eigenvalue weighted by Crippen LogP contribution is -2.48. The number of rotatable bonds is 2. The smallest absolute Gasteiger partial charge is 0.253 e. The van der Waals surface area contributed by atoms with Crippen LogP contribution in [0.1, 0.15) is 22.8 Å². The van der Waals surface area contributed by atoms with E-state index in [1.54, 1.807) is 0 Å². The predicted octanol–water partition coefficient (Wildman–Crippen LogP) is 0.775. The summed E-state index contributed by atoms with van der Waals surface area (Å²) < 4.78 is 0. The van der Waals surface area contributed by atoms with E-state index in [0.29, 0.717) is 6.54 Å². The van der Waals surface area contributed by atoms with Gasteiger partial charge in [0.1, 0.15) is 0 Å². The molecule has 1 aromatic rings. The average molecular weight is 271 g/mol. The normalized spacial score (nSPS) is 15.6. The quantitative estimate of drug-likeness (QED) is 0.809. The van der Waals surface area contributed by atoms with E-state index >= 15 is 0 Å². The Hall–Kier alpha value is -1.83. The molecular weight excluding hydrogens is 250 g/mol. The summed E-state index contributed by atoms with van der Waals surface area (Å²) in [5, 5.41) is 0. The molecule has 1 saturated heterocycles. The van der Waals surface area contributed by atoms with Crippen molar-refractivity contribution in [3.8, 4) is 11.8 Å². The first-order chi connectivity index (χ1) is 9.74. The summed E-state index contributed by atoms with van der Waals surface area (Å²) in [5.74, 6) is 5.87. The highest BCUT2D eigenvalue weighted by atomic mass is 16.2. The summed E-state index contributed by atoms with van der Waals surface area (Å²) in [6, 6.07) is 7.43. The van der Waals surface area contributed by atoms with E-state index in [-0.39, 0.29) is 5.91 Å². The van der Waals surface area contributed by atoms with E-state index in [4.69, 9.17) is 5.73 Å². The third-order valence-electron chi connectivity index (χ3n) is 3.57. The predicted molar refractivity (Wildman–Crippen MR) is 80.4 cm³/mol.